The average molecular weight is 237 g/mol. The van der Waals surface area contributed by atoms with E-state index >= 15 is 0 Å². The Bertz CT molecular complexity index is 243. The molecule has 1 rings (SSSR count). The summed E-state index contributed by atoms with van der Waals surface area (Å²) < 4.78 is 46.6. The van der Waals surface area contributed by atoms with Crippen LogP contribution in [0.2, 0.25) is 0 Å². The lowest BCUT2D eigenvalue weighted by Crippen LogP contribution is -2.28. The number of alkyl halides is 3. The summed E-state index contributed by atoms with van der Waals surface area (Å²) in [5.41, 5.74) is 0. The Hall–Kier alpha value is -0.800. The Kier molecular flexibility index (Phi) is 5.03. The van der Waals surface area contributed by atoms with Crippen LogP contribution in [0, 0.1) is 23.2 Å². The zero-order valence-electron chi connectivity index (χ0n) is 8.79. The number of halogens is 3. The summed E-state index contributed by atoms with van der Waals surface area (Å²) >= 11 is 0. The second-order valence-corrected chi connectivity index (χ2v) is 3.82. The zero-order valence-corrected chi connectivity index (χ0v) is 8.79. The summed E-state index contributed by atoms with van der Waals surface area (Å²) in [6.07, 6.45) is -2.88. The lowest BCUT2D eigenvalue weighted by Gasteiger charge is -2.22. The maximum absolute atomic E-state index is 12.2. The van der Waals surface area contributed by atoms with Crippen LogP contribution in [0.3, 0.4) is 0 Å². The number of hydrogen-bond acceptors (Lipinski definition) is 3. The molecule has 1 aliphatic heterocycles. The first-order chi connectivity index (χ1) is 7.54. The van der Waals surface area contributed by atoms with E-state index in [1.54, 1.807) is 0 Å². The van der Waals surface area contributed by atoms with Gasteiger partial charge in [0.1, 0.15) is 0 Å². The summed E-state index contributed by atoms with van der Waals surface area (Å²) in [5.74, 6) is -1.77. The van der Waals surface area contributed by atoms with Crippen LogP contribution in [0.1, 0.15) is 12.8 Å². The van der Waals surface area contributed by atoms with E-state index < -0.39 is 18.7 Å². The molecule has 1 saturated heterocycles. The van der Waals surface area contributed by atoms with Crippen molar-refractivity contribution >= 4 is 0 Å². The van der Waals surface area contributed by atoms with Crippen molar-refractivity contribution in [3.8, 4) is 6.07 Å². The van der Waals surface area contributed by atoms with Gasteiger partial charge in [-0.1, -0.05) is 0 Å². The van der Waals surface area contributed by atoms with Gasteiger partial charge >= 0.3 is 6.18 Å². The minimum Gasteiger partial charge on any atom is -0.381 e. The molecule has 16 heavy (non-hydrogen) atoms. The molecule has 0 aromatic carbocycles. The molecule has 0 amide bonds. The molecule has 0 bridgehead atoms. The van der Waals surface area contributed by atoms with Crippen molar-refractivity contribution in [1.29, 1.82) is 5.26 Å². The number of nitriles is 1. The Balaban J connectivity index is 2.21. The van der Waals surface area contributed by atoms with Gasteiger partial charge in [-0.15, -0.1) is 0 Å². The molecule has 0 aliphatic carbocycles. The van der Waals surface area contributed by atoms with Gasteiger partial charge in [-0.2, -0.15) is 18.4 Å². The molecule has 0 N–H and O–H groups in total. The van der Waals surface area contributed by atoms with E-state index in [-0.39, 0.29) is 12.5 Å². The zero-order chi connectivity index (χ0) is 12.0. The SMILES string of the molecule is N#CC(COCC1CCOCC1)C(F)(F)F. The molecule has 1 atom stereocenters. The maximum atomic E-state index is 12.2. The van der Waals surface area contributed by atoms with E-state index in [2.05, 4.69) is 0 Å². The summed E-state index contributed by atoms with van der Waals surface area (Å²) in [6.45, 7) is 0.971. The number of ether oxygens (including phenoxy) is 2. The van der Waals surface area contributed by atoms with Crippen molar-refractivity contribution in [1.82, 2.24) is 0 Å². The quantitative estimate of drug-likeness (QED) is 0.752. The number of rotatable bonds is 4. The molecule has 0 spiro atoms. The van der Waals surface area contributed by atoms with Crippen LogP contribution in [0.25, 0.3) is 0 Å². The van der Waals surface area contributed by atoms with Gasteiger partial charge in [0, 0.05) is 19.8 Å². The van der Waals surface area contributed by atoms with E-state index in [0.717, 1.165) is 12.8 Å². The smallest absolute Gasteiger partial charge is 0.381 e. The van der Waals surface area contributed by atoms with Gasteiger partial charge in [0.25, 0.3) is 0 Å². The Labute approximate surface area is 92.1 Å². The third-order valence-electron chi connectivity index (χ3n) is 2.53. The topological polar surface area (TPSA) is 42.2 Å². The van der Waals surface area contributed by atoms with E-state index in [0.29, 0.717) is 13.2 Å². The first-order valence-corrected chi connectivity index (χ1v) is 5.16. The highest BCUT2D eigenvalue weighted by Gasteiger charge is 2.40. The van der Waals surface area contributed by atoms with Gasteiger partial charge in [0.15, 0.2) is 5.92 Å². The molecule has 1 unspecified atom stereocenters. The maximum Gasteiger partial charge on any atom is 0.406 e. The molecule has 0 saturated carbocycles. The summed E-state index contributed by atoms with van der Waals surface area (Å²) in [7, 11) is 0. The fourth-order valence-electron chi connectivity index (χ4n) is 1.47. The molecular weight excluding hydrogens is 223 g/mol. The second-order valence-electron chi connectivity index (χ2n) is 3.82. The highest BCUT2D eigenvalue weighted by Crippen LogP contribution is 2.26. The lowest BCUT2D eigenvalue weighted by molar-refractivity contribution is -0.173. The van der Waals surface area contributed by atoms with Crippen LogP contribution in [0.15, 0.2) is 0 Å². The summed E-state index contributed by atoms with van der Waals surface area (Å²) in [6, 6.07) is 1.21. The molecule has 0 aromatic rings. The van der Waals surface area contributed by atoms with E-state index in [4.69, 9.17) is 14.7 Å². The highest BCUT2D eigenvalue weighted by molar-refractivity contribution is 4.88. The third-order valence-corrected chi connectivity index (χ3v) is 2.53. The highest BCUT2D eigenvalue weighted by atomic mass is 19.4. The van der Waals surface area contributed by atoms with Crippen LogP contribution in [-0.2, 0) is 9.47 Å². The first kappa shape index (κ1) is 13.3. The largest absolute Gasteiger partial charge is 0.406 e. The molecule has 1 fully saturated rings. The number of nitrogens with zero attached hydrogens (tertiary/aromatic N) is 1. The Morgan fingerprint density at radius 1 is 1.38 bits per heavy atom. The molecule has 92 valence electrons. The van der Waals surface area contributed by atoms with Crippen molar-refractivity contribution in [3.63, 3.8) is 0 Å². The molecule has 6 heteroatoms. The minimum atomic E-state index is -4.50. The van der Waals surface area contributed by atoms with Crippen molar-refractivity contribution in [2.45, 2.75) is 19.0 Å². The number of hydrogen-bond donors (Lipinski definition) is 0. The second kappa shape index (κ2) is 6.06. The lowest BCUT2D eigenvalue weighted by atomic mass is 10.0. The fraction of sp³-hybridized carbons (Fsp3) is 0.900. The first-order valence-electron chi connectivity index (χ1n) is 5.16. The predicted octanol–water partition coefficient (Wildman–Crippen LogP) is 2.13. The standard InChI is InChI=1S/C10H14F3NO2/c11-10(12,13)9(5-14)7-16-6-8-1-3-15-4-2-8/h8-9H,1-4,6-7H2. The van der Waals surface area contributed by atoms with Gasteiger partial charge in [-0.05, 0) is 18.8 Å². The van der Waals surface area contributed by atoms with Crippen molar-refractivity contribution in [3.05, 3.63) is 0 Å². The molecule has 0 radical (unpaired) electrons. The van der Waals surface area contributed by atoms with E-state index in [1.165, 1.54) is 6.07 Å². The molecule has 3 nitrogen and oxygen atoms in total. The monoisotopic (exact) mass is 237 g/mol. The van der Waals surface area contributed by atoms with E-state index in [1.807, 2.05) is 0 Å². The normalized spacial score (nSPS) is 20.4. The van der Waals surface area contributed by atoms with Crippen LogP contribution in [0.5, 0.6) is 0 Å². The average Bonchev–Trinajstić information content (AvgIpc) is 2.24. The molecular formula is C10H14F3NO2. The van der Waals surface area contributed by atoms with Gasteiger partial charge < -0.3 is 9.47 Å². The third kappa shape index (κ3) is 4.37. The van der Waals surface area contributed by atoms with Crippen molar-refractivity contribution in [2.24, 2.45) is 11.8 Å². The minimum absolute atomic E-state index is 0.251. The predicted molar refractivity (Wildman–Crippen MR) is 49.5 cm³/mol. The van der Waals surface area contributed by atoms with Gasteiger partial charge in [-0.3, -0.25) is 0 Å². The Morgan fingerprint density at radius 2 is 2.00 bits per heavy atom. The molecule has 0 aromatic heterocycles. The van der Waals surface area contributed by atoms with Gasteiger partial charge in [0.05, 0.1) is 12.7 Å². The summed E-state index contributed by atoms with van der Waals surface area (Å²) in [4.78, 5) is 0. The van der Waals surface area contributed by atoms with Crippen molar-refractivity contribution < 1.29 is 22.6 Å². The van der Waals surface area contributed by atoms with Gasteiger partial charge in [0.2, 0.25) is 0 Å². The van der Waals surface area contributed by atoms with E-state index in [9.17, 15) is 13.2 Å². The Morgan fingerprint density at radius 3 is 2.50 bits per heavy atom. The summed E-state index contributed by atoms with van der Waals surface area (Å²) in [5, 5.41) is 8.33. The van der Waals surface area contributed by atoms with Crippen molar-refractivity contribution in [2.75, 3.05) is 26.4 Å². The van der Waals surface area contributed by atoms with Crippen LogP contribution in [-0.4, -0.2) is 32.6 Å². The molecule has 1 heterocycles. The van der Waals surface area contributed by atoms with Crippen LogP contribution >= 0.6 is 0 Å². The fourth-order valence-corrected chi connectivity index (χ4v) is 1.47. The van der Waals surface area contributed by atoms with Crippen LogP contribution in [0.4, 0.5) is 13.2 Å². The van der Waals surface area contributed by atoms with Gasteiger partial charge in [-0.25, -0.2) is 0 Å². The molecule has 1 aliphatic rings. The van der Waals surface area contributed by atoms with Crippen LogP contribution < -0.4 is 0 Å².